The Kier molecular flexibility index (Phi) is 5.27. The Balaban J connectivity index is 2.05. The monoisotopic (exact) mass is 318 g/mol. The van der Waals surface area contributed by atoms with Crippen LogP contribution in [0.15, 0.2) is 23.6 Å². The summed E-state index contributed by atoms with van der Waals surface area (Å²) in [7, 11) is 0. The van der Waals surface area contributed by atoms with Crippen molar-refractivity contribution in [3.05, 3.63) is 46.0 Å². The molecule has 2 aromatic rings. The number of aromatic nitrogens is 1. The SMILES string of the molecule is CCOC(=O)Cc1csc(NC(=O)c2cc(C)ccc2C)n1. The van der Waals surface area contributed by atoms with Gasteiger partial charge in [0.25, 0.3) is 5.91 Å². The van der Waals surface area contributed by atoms with Crippen molar-refractivity contribution in [2.75, 3.05) is 11.9 Å². The van der Waals surface area contributed by atoms with E-state index >= 15 is 0 Å². The molecule has 0 aliphatic heterocycles. The number of amides is 1. The number of ether oxygens (including phenoxy) is 1. The van der Waals surface area contributed by atoms with E-state index in [0.717, 1.165) is 11.1 Å². The quantitative estimate of drug-likeness (QED) is 0.860. The number of hydrogen-bond acceptors (Lipinski definition) is 5. The molecular formula is C16H18N2O3S. The van der Waals surface area contributed by atoms with Crippen LogP contribution in [0.4, 0.5) is 5.13 Å². The summed E-state index contributed by atoms with van der Waals surface area (Å²) >= 11 is 1.29. The van der Waals surface area contributed by atoms with Gasteiger partial charge in [-0.25, -0.2) is 4.98 Å². The number of nitrogens with one attached hydrogen (secondary N) is 1. The fourth-order valence-corrected chi connectivity index (χ4v) is 2.66. The Labute approximate surface area is 133 Å². The van der Waals surface area contributed by atoms with Crippen LogP contribution in [-0.2, 0) is 16.0 Å². The molecule has 0 bridgehead atoms. The summed E-state index contributed by atoms with van der Waals surface area (Å²) in [6.45, 7) is 5.94. The van der Waals surface area contributed by atoms with E-state index in [1.807, 2.05) is 32.0 Å². The Hall–Kier alpha value is -2.21. The zero-order valence-corrected chi connectivity index (χ0v) is 13.6. The maximum absolute atomic E-state index is 12.3. The average Bonchev–Trinajstić information content (AvgIpc) is 2.88. The number of anilines is 1. The highest BCUT2D eigenvalue weighted by Crippen LogP contribution is 2.18. The van der Waals surface area contributed by atoms with Crippen LogP contribution >= 0.6 is 11.3 Å². The van der Waals surface area contributed by atoms with E-state index < -0.39 is 0 Å². The van der Waals surface area contributed by atoms with E-state index in [2.05, 4.69) is 10.3 Å². The number of hydrogen-bond donors (Lipinski definition) is 1. The highest BCUT2D eigenvalue weighted by Gasteiger charge is 2.13. The van der Waals surface area contributed by atoms with E-state index in [0.29, 0.717) is 23.0 Å². The molecule has 1 aromatic heterocycles. The molecule has 1 amide bonds. The van der Waals surface area contributed by atoms with Crippen molar-refractivity contribution in [3.8, 4) is 0 Å². The number of thiazole rings is 1. The van der Waals surface area contributed by atoms with Crippen LogP contribution in [0.5, 0.6) is 0 Å². The first-order valence-corrected chi connectivity index (χ1v) is 7.86. The number of rotatable bonds is 5. The molecule has 2 rings (SSSR count). The lowest BCUT2D eigenvalue weighted by Gasteiger charge is -2.06. The zero-order chi connectivity index (χ0) is 16.1. The Morgan fingerprint density at radius 2 is 2.09 bits per heavy atom. The van der Waals surface area contributed by atoms with Crippen molar-refractivity contribution in [3.63, 3.8) is 0 Å². The average molecular weight is 318 g/mol. The summed E-state index contributed by atoms with van der Waals surface area (Å²) in [5.74, 6) is -0.515. The van der Waals surface area contributed by atoms with Crippen LogP contribution in [0.1, 0.15) is 34.1 Å². The third kappa shape index (κ3) is 4.14. The number of esters is 1. The normalized spacial score (nSPS) is 10.3. The van der Waals surface area contributed by atoms with Crippen LogP contribution in [0.3, 0.4) is 0 Å². The minimum absolute atomic E-state index is 0.115. The molecule has 6 heteroatoms. The van der Waals surface area contributed by atoms with Gasteiger partial charge in [0.15, 0.2) is 5.13 Å². The predicted octanol–water partition coefficient (Wildman–Crippen LogP) is 3.12. The second-order valence-corrected chi connectivity index (χ2v) is 5.76. The first kappa shape index (κ1) is 16.2. The van der Waals surface area contributed by atoms with Gasteiger partial charge in [0, 0.05) is 10.9 Å². The smallest absolute Gasteiger partial charge is 0.311 e. The lowest BCUT2D eigenvalue weighted by molar-refractivity contribution is -0.142. The number of carbonyl (C=O) groups is 2. The van der Waals surface area contributed by atoms with Gasteiger partial charge < -0.3 is 4.74 Å². The summed E-state index contributed by atoms with van der Waals surface area (Å²) in [6, 6.07) is 5.73. The van der Waals surface area contributed by atoms with Crippen molar-refractivity contribution in [2.24, 2.45) is 0 Å². The molecule has 0 fully saturated rings. The van der Waals surface area contributed by atoms with Crippen LogP contribution in [-0.4, -0.2) is 23.5 Å². The van der Waals surface area contributed by atoms with Gasteiger partial charge in [0.2, 0.25) is 0 Å². The van der Waals surface area contributed by atoms with Gasteiger partial charge in [-0.3, -0.25) is 14.9 Å². The minimum atomic E-state index is -0.319. The molecule has 116 valence electrons. The molecule has 22 heavy (non-hydrogen) atoms. The molecule has 5 nitrogen and oxygen atoms in total. The van der Waals surface area contributed by atoms with Crippen LogP contribution < -0.4 is 5.32 Å². The van der Waals surface area contributed by atoms with E-state index in [1.54, 1.807) is 12.3 Å². The standard InChI is InChI=1S/C16H18N2O3S/c1-4-21-14(19)8-12-9-22-16(17-12)18-15(20)13-7-10(2)5-6-11(13)3/h5-7,9H,4,8H2,1-3H3,(H,17,18,20). The second kappa shape index (κ2) is 7.17. The summed E-state index contributed by atoms with van der Waals surface area (Å²) in [4.78, 5) is 27.9. The highest BCUT2D eigenvalue weighted by molar-refractivity contribution is 7.14. The third-order valence-electron chi connectivity index (χ3n) is 3.04. The van der Waals surface area contributed by atoms with E-state index in [-0.39, 0.29) is 18.3 Å². The van der Waals surface area contributed by atoms with Gasteiger partial charge in [-0.1, -0.05) is 17.7 Å². The molecule has 0 spiro atoms. The Morgan fingerprint density at radius 3 is 2.82 bits per heavy atom. The van der Waals surface area contributed by atoms with Gasteiger partial charge in [-0.15, -0.1) is 11.3 Å². The molecule has 1 N–H and O–H groups in total. The fraction of sp³-hybridized carbons (Fsp3) is 0.312. The first-order chi connectivity index (χ1) is 10.5. The molecule has 0 aliphatic rings. The predicted molar refractivity (Wildman–Crippen MR) is 86.3 cm³/mol. The van der Waals surface area contributed by atoms with Gasteiger partial charge in [0.05, 0.1) is 18.7 Å². The largest absolute Gasteiger partial charge is 0.466 e. The van der Waals surface area contributed by atoms with Crippen LogP contribution in [0, 0.1) is 13.8 Å². The lowest BCUT2D eigenvalue weighted by atomic mass is 10.1. The van der Waals surface area contributed by atoms with Crippen LogP contribution in [0.25, 0.3) is 0 Å². The summed E-state index contributed by atoms with van der Waals surface area (Å²) < 4.78 is 4.87. The number of aryl methyl sites for hydroxylation is 2. The molecule has 0 aliphatic carbocycles. The Morgan fingerprint density at radius 1 is 1.32 bits per heavy atom. The second-order valence-electron chi connectivity index (χ2n) is 4.90. The minimum Gasteiger partial charge on any atom is -0.466 e. The topological polar surface area (TPSA) is 68.3 Å². The molecule has 1 heterocycles. The maximum Gasteiger partial charge on any atom is 0.311 e. The number of nitrogens with zero attached hydrogens (tertiary/aromatic N) is 1. The van der Waals surface area contributed by atoms with Crippen molar-refractivity contribution < 1.29 is 14.3 Å². The summed E-state index contributed by atoms with van der Waals surface area (Å²) in [5.41, 5.74) is 3.16. The van der Waals surface area contributed by atoms with Crippen LogP contribution in [0.2, 0.25) is 0 Å². The van der Waals surface area contributed by atoms with E-state index in [1.165, 1.54) is 11.3 Å². The molecular weight excluding hydrogens is 300 g/mol. The number of benzene rings is 1. The Bertz CT molecular complexity index is 694. The molecule has 0 saturated carbocycles. The summed E-state index contributed by atoms with van der Waals surface area (Å²) in [6.07, 6.45) is 0.115. The van der Waals surface area contributed by atoms with Crippen molar-refractivity contribution in [2.45, 2.75) is 27.2 Å². The van der Waals surface area contributed by atoms with Crippen molar-refractivity contribution in [1.29, 1.82) is 0 Å². The lowest BCUT2D eigenvalue weighted by Crippen LogP contribution is -2.14. The van der Waals surface area contributed by atoms with E-state index in [9.17, 15) is 9.59 Å². The van der Waals surface area contributed by atoms with Crippen molar-refractivity contribution in [1.82, 2.24) is 4.98 Å². The zero-order valence-electron chi connectivity index (χ0n) is 12.8. The molecule has 0 atom stereocenters. The fourth-order valence-electron chi connectivity index (χ4n) is 1.95. The van der Waals surface area contributed by atoms with Crippen molar-refractivity contribution >= 4 is 28.3 Å². The van der Waals surface area contributed by atoms with Gasteiger partial charge in [-0.05, 0) is 32.4 Å². The van der Waals surface area contributed by atoms with Gasteiger partial charge >= 0.3 is 5.97 Å². The first-order valence-electron chi connectivity index (χ1n) is 6.98. The molecule has 0 unspecified atom stereocenters. The molecule has 0 saturated heterocycles. The third-order valence-corrected chi connectivity index (χ3v) is 3.85. The number of carbonyl (C=O) groups excluding carboxylic acids is 2. The highest BCUT2D eigenvalue weighted by atomic mass is 32.1. The van der Waals surface area contributed by atoms with Gasteiger partial charge in [0.1, 0.15) is 0 Å². The molecule has 1 aromatic carbocycles. The molecule has 0 radical (unpaired) electrons. The van der Waals surface area contributed by atoms with E-state index in [4.69, 9.17) is 4.74 Å². The van der Waals surface area contributed by atoms with Gasteiger partial charge in [-0.2, -0.15) is 0 Å². The summed E-state index contributed by atoms with van der Waals surface area (Å²) in [5, 5.41) is 4.99. The maximum atomic E-state index is 12.3.